The van der Waals surface area contributed by atoms with E-state index in [-0.39, 0.29) is 5.84 Å². The Morgan fingerprint density at radius 2 is 2.30 bits per heavy atom. The molecule has 4 N–H and O–H groups in total. The minimum atomic E-state index is -0.446. The summed E-state index contributed by atoms with van der Waals surface area (Å²) in [4.78, 5) is 4.06. The monoisotopic (exact) mass is 278 g/mol. The van der Waals surface area contributed by atoms with Crippen LogP contribution in [-0.4, -0.2) is 16.0 Å². The average Bonchev–Trinajstić information content (AvgIpc) is 2.85. The third-order valence-electron chi connectivity index (χ3n) is 2.72. The number of nitrogens with one attached hydrogen (secondary N) is 1. The summed E-state index contributed by atoms with van der Waals surface area (Å²) in [6, 6.07) is 4.12. The Morgan fingerprint density at radius 3 is 2.95 bits per heavy atom. The Balaban J connectivity index is 2.05. The lowest BCUT2D eigenvalue weighted by atomic mass is 10.1. The Hall–Kier alpha value is -2.41. The van der Waals surface area contributed by atoms with Gasteiger partial charge in [0.25, 0.3) is 0 Å². The van der Waals surface area contributed by atoms with Crippen LogP contribution in [0.4, 0.5) is 4.39 Å². The Labute approximate surface area is 115 Å². The normalized spacial score (nSPS) is 11.8. The number of nitrogens with two attached hydrogens (primary N) is 1. The molecular formula is C13H15FN4O2. The maximum absolute atomic E-state index is 13.2. The summed E-state index contributed by atoms with van der Waals surface area (Å²) in [5.74, 6) is 0.725. The zero-order chi connectivity index (χ0) is 14.5. The van der Waals surface area contributed by atoms with Crippen molar-refractivity contribution in [2.24, 2.45) is 10.9 Å². The largest absolute Gasteiger partial charge is 0.445 e. The molecule has 0 unspecified atom stereocenters. The van der Waals surface area contributed by atoms with E-state index in [4.69, 9.17) is 15.4 Å². The molecule has 1 aromatic carbocycles. The summed E-state index contributed by atoms with van der Waals surface area (Å²) in [6.45, 7) is 2.65. The van der Waals surface area contributed by atoms with Crippen LogP contribution in [0.15, 0.2) is 34.0 Å². The minimum Gasteiger partial charge on any atom is -0.445 e. The first-order valence-electron chi connectivity index (χ1n) is 5.98. The number of amidine groups is 1. The standard InChI is InChI=1S/C13H15FN4O2/c1-8-5-17-12(20-8)7-16-6-9-2-3-10(14)4-11(9)13(15)18-19/h2-5,16,19H,6-7H2,1H3,(H2,15,18). The fourth-order valence-electron chi connectivity index (χ4n) is 1.78. The molecule has 0 bridgehead atoms. The van der Waals surface area contributed by atoms with Gasteiger partial charge in [-0.3, -0.25) is 0 Å². The second kappa shape index (κ2) is 6.16. The van der Waals surface area contributed by atoms with Crippen molar-refractivity contribution >= 4 is 5.84 Å². The lowest BCUT2D eigenvalue weighted by molar-refractivity contribution is 0.318. The lowest BCUT2D eigenvalue weighted by Gasteiger charge is -2.09. The molecule has 106 valence electrons. The van der Waals surface area contributed by atoms with E-state index in [9.17, 15) is 4.39 Å². The van der Waals surface area contributed by atoms with Gasteiger partial charge in [-0.05, 0) is 24.6 Å². The van der Waals surface area contributed by atoms with Crippen LogP contribution in [0.5, 0.6) is 0 Å². The predicted octanol–water partition coefficient (Wildman–Crippen LogP) is 1.51. The molecule has 0 aliphatic rings. The van der Waals surface area contributed by atoms with Crippen LogP contribution < -0.4 is 11.1 Å². The van der Waals surface area contributed by atoms with Gasteiger partial charge in [-0.1, -0.05) is 11.2 Å². The Bertz CT molecular complexity index is 625. The summed E-state index contributed by atoms with van der Waals surface area (Å²) in [5, 5.41) is 14.7. The van der Waals surface area contributed by atoms with Gasteiger partial charge >= 0.3 is 0 Å². The second-order valence-corrected chi connectivity index (χ2v) is 4.25. The number of hydrogen-bond acceptors (Lipinski definition) is 5. The minimum absolute atomic E-state index is 0.131. The van der Waals surface area contributed by atoms with Gasteiger partial charge < -0.3 is 20.7 Å². The first-order valence-corrected chi connectivity index (χ1v) is 5.98. The smallest absolute Gasteiger partial charge is 0.208 e. The van der Waals surface area contributed by atoms with E-state index in [0.29, 0.717) is 30.1 Å². The molecule has 20 heavy (non-hydrogen) atoms. The number of oxazole rings is 1. The van der Waals surface area contributed by atoms with E-state index < -0.39 is 5.82 Å². The number of rotatable bonds is 5. The van der Waals surface area contributed by atoms with E-state index in [1.165, 1.54) is 12.1 Å². The van der Waals surface area contributed by atoms with E-state index >= 15 is 0 Å². The molecule has 0 aliphatic carbocycles. The van der Waals surface area contributed by atoms with Gasteiger partial charge in [-0.15, -0.1) is 0 Å². The van der Waals surface area contributed by atoms with Crippen LogP contribution in [0.2, 0.25) is 0 Å². The molecule has 0 radical (unpaired) electrons. The molecule has 1 heterocycles. The molecule has 0 atom stereocenters. The third kappa shape index (κ3) is 3.33. The highest BCUT2D eigenvalue weighted by Gasteiger charge is 2.09. The van der Waals surface area contributed by atoms with Crippen molar-refractivity contribution in [3.8, 4) is 0 Å². The Kier molecular flexibility index (Phi) is 4.31. The number of benzene rings is 1. The quantitative estimate of drug-likeness (QED) is 0.333. The van der Waals surface area contributed by atoms with E-state index in [1.807, 2.05) is 6.92 Å². The topological polar surface area (TPSA) is 96.7 Å². The second-order valence-electron chi connectivity index (χ2n) is 4.25. The molecule has 0 fully saturated rings. The van der Waals surface area contributed by atoms with Gasteiger partial charge in [0, 0.05) is 12.1 Å². The summed E-state index contributed by atoms with van der Waals surface area (Å²) >= 11 is 0. The van der Waals surface area contributed by atoms with Gasteiger partial charge in [0.1, 0.15) is 11.6 Å². The number of nitrogens with zero attached hydrogens (tertiary/aromatic N) is 2. The lowest BCUT2D eigenvalue weighted by Crippen LogP contribution is -2.20. The van der Waals surface area contributed by atoms with Crippen LogP contribution in [0, 0.1) is 12.7 Å². The predicted molar refractivity (Wildman–Crippen MR) is 70.7 cm³/mol. The van der Waals surface area contributed by atoms with Gasteiger partial charge in [-0.2, -0.15) is 0 Å². The third-order valence-corrected chi connectivity index (χ3v) is 2.72. The Morgan fingerprint density at radius 1 is 1.50 bits per heavy atom. The van der Waals surface area contributed by atoms with E-state index in [0.717, 1.165) is 5.76 Å². The van der Waals surface area contributed by atoms with Crippen molar-refractivity contribution in [3.63, 3.8) is 0 Å². The molecule has 0 saturated carbocycles. The van der Waals surface area contributed by atoms with Crippen LogP contribution >= 0.6 is 0 Å². The molecule has 0 saturated heterocycles. The van der Waals surface area contributed by atoms with Crippen LogP contribution in [0.3, 0.4) is 0 Å². The average molecular weight is 278 g/mol. The van der Waals surface area contributed by atoms with Crippen LogP contribution in [0.25, 0.3) is 0 Å². The molecular weight excluding hydrogens is 263 g/mol. The van der Waals surface area contributed by atoms with Gasteiger partial charge in [0.15, 0.2) is 5.84 Å². The molecule has 7 heteroatoms. The SMILES string of the molecule is Cc1cnc(CNCc2ccc(F)cc2/C(N)=N/O)o1. The van der Waals surface area contributed by atoms with Crippen LogP contribution in [-0.2, 0) is 13.1 Å². The number of halogens is 1. The first kappa shape index (κ1) is 14.0. The fraction of sp³-hybridized carbons (Fsp3) is 0.231. The van der Waals surface area contributed by atoms with Gasteiger partial charge in [0.2, 0.25) is 5.89 Å². The van der Waals surface area contributed by atoms with Crippen molar-refractivity contribution in [2.45, 2.75) is 20.0 Å². The van der Waals surface area contributed by atoms with E-state index in [2.05, 4.69) is 15.5 Å². The number of oxime groups is 1. The van der Waals surface area contributed by atoms with Crippen LogP contribution in [0.1, 0.15) is 22.8 Å². The highest BCUT2D eigenvalue weighted by atomic mass is 19.1. The molecule has 0 amide bonds. The van der Waals surface area contributed by atoms with E-state index in [1.54, 1.807) is 12.3 Å². The summed E-state index contributed by atoms with van der Waals surface area (Å²) in [6.07, 6.45) is 1.64. The zero-order valence-electron chi connectivity index (χ0n) is 10.9. The fourth-order valence-corrected chi connectivity index (χ4v) is 1.78. The number of aromatic nitrogens is 1. The highest BCUT2D eigenvalue weighted by molar-refractivity contribution is 5.98. The van der Waals surface area contributed by atoms with Crippen molar-refractivity contribution in [2.75, 3.05) is 0 Å². The summed E-state index contributed by atoms with van der Waals surface area (Å²) < 4.78 is 18.5. The zero-order valence-corrected chi connectivity index (χ0v) is 10.9. The van der Waals surface area contributed by atoms with Gasteiger partial charge in [-0.25, -0.2) is 9.37 Å². The first-order chi connectivity index (χ1) is 9.60. The molecule has 2 rings (SSSR count). The molecule has 0 aliphatic heterocycles. The number of aryl methyl sites for hydroxylation is 1. The summed E-state index contributed by atoms with van der Waals surface area (Å²) in [7, 11) is 0. The maximum atomic E-state index is 13.2. The maximum Gasteiger partial charge on any atom is 0.208 e. The summed E-state index contributed by atoms with van der Waals surface area (Å²) in [5.41, 5.74) is 6.59. The number of hydrogen-bond donors (Lipinski definition) is 3. The molecule has 6 nitrogen and oxygen atoms in total. The molecule has 2 aromatic rings. The highest BCUT2D eigenvalue weighted by Crippen LogP contribution is 2.11. The molecule has 1 aromatic heterocycles. The van der Waals surface area contributed by atoms with Crippen molar-refractivity contribution < 1.29 is 14.0 Å². The molecule has 0 spiro atoms. The van der Waals surface area contributed by atoms with Crippen molar-refractivity contribution in [3.05, 3.63) is 53.0 Å². The van der Waals surface area contributed by atoms with Crippen molar-refractivity contribution in [1.82, 2.24) is 10.3 Å². The van der Waals surface area contributed by atoms with Gasteiger partial charge in [0.05, 0.1) is 12.7 Å². The van der Waals surface area contributed by atoms with Crippen molar-refractivity contribution in [1.29, 1.82) is 0 Å².